The number of rotatable bonds is 9. The van der Waals surface area contributed by atoms with Crippen molar-refractivity contribution in [3.8, 4) is 11.1 Å². The predicted octanol–water partition coefficient (Wildman–Crippen LogP) is 3.91. The molecule has 1 amide bonds. The third-order valence-corrected chi connectivity index (χ3v) is 4.73. The molecule has 31 heavy (non-hydrogen) atoms. The van der Waals surface area contributed by atoms with Crippen molar-refractivity contribution in [3.05, 3.63) is 66.2 Å². The van der Waals surface area contributed by atoms with Crippen LogP contribution in [0.4, 0.5) is 21.7 Å². The molecule has 0 saturated carbocycles. The van der Waals surface area contributed by atoms with E-state index < -0.39 is 11.7 Å². The van der Waals surface area contributed by atoms with Crippen molar-refractivity contribution in [1.29, 1.82) is 0 Å². The highest BCUT2D eigenvalue weighted by molar-refractivity contribution is 5.98. The van der Waals surface area contributed by atoms with Crippen LogP contribution in [-0.2, 0) is 0 Å². The van der Waals surface area contributed by atoms with E-state index in [9.17, 15) is 9.18 Å². The number of carbonyl (C=O) groups is 1. The van der Waals surface area contributed by atoms with Gasteiger partial charge in [-0.25, -0.2) is 9.37 Å². The molecule has 0 aliphatic heterocycles. The summed E-state index contributed by atoms with van der Waals surface area (Å²) in [5, 5.41) is 6.09. The van der Waals surface area contributed by atoms with Crippen LogP contribution in [0.15, 0.2) is 54.9 Å². The molecule has 0 aliphatic carbocycles. The lowest BCUT2D eigenvalue weighted by molar-refractivity contribution is 0.100. The van der Waals surface area contributed by atoms with Gasteiger partial charge in [-0.3, -0.25) is 9.78 Å². The van der Waals surface area contributed by atoms with Gasteiger partial charge >= 0.3 is 0 Å². The van der Waals surface area contributed by atoms with Crippen molar-refractivity contribution in [2.45, 2.75) is 26.3 Å². The quantitative estimate of drug-likeness (QED) is 0.415. The number of anilines is 3. The summed E-state index contributed by atoms with van der Waals surface area (Å²) in [4.78, 5) is 20.5. The lowest BCUT2D eigenvalue weighted by atomic mass is 10.0. The average Bonchev–Trinajstić information content (AvgIpc) is 2.75. The lowest BCUT2D eigenvalue weighted by Crippen LogP contribution is -2.31. The summed E-state index contributed by atoms with van der Waals surface area (Å²) in [5.41, 5.74) is 13.7. The lowest BCUT2D eigenvalue weighted by Gasteiger charge is -2.21. The van der Waals surface area contributed by atoms with Crippen LogP contribution in [0, 0.1) is 11.7 Å². The highest BCUT2D eigenvalue weighted by Gasteiger charge is 2.19. The molecule has 6 N–H and O–H groups in total. The number of benzene rings is 1. The Bertz CT molecular complexity index is 1040. The maximum atomic E-state index is 14.6. The minimum Gasteiger partial charge on any atom is -0.365 e. The Morgan fingerprint density at radius 2 is 1.84 bits per heavy atom. The summed E-state index contributed by atoms with van der Waals surface area (Å²) in [5.74, 6) is -0.930. The van der Waals surface area contributed by atoms with E-state index in [0.717, 1.165) is 23.6 Å². The van der Waals surface area contributed by atoms with Gasteiger partial charge in [-0.1, -0.05) is 44.2 Å². The van der Waals surface area contributed by atoms with Gasteiger partial charge in [-0.05, 0) is 30.0 Å². The first-order valence-electron chi connectivity index (χ1n) is 10.1. The van der Waals surface area contributed by atoms with Crippen LogP contribution in [0.3, 0.4) is 0 Å². The molecule has 0 bridgehead atoms. The van der Waals surface area contributed by atoms with Crippen molar-refractivity contribution in [2.75, 3.05) is 17.2 Å². The van der Waals surface area contributed by atoms with Crippen LogP contribution < -0.4 is 22.1 Å². The molecule has 0 spiro atoms. The van der Waals surface area contributed by atoms with Gasteiger partial charge in [0.2, 0.25) is 0 Å². The number of nitrogens with two attached hydrogens (primary N) is 2. The summed E-state index contributed by atoms with van der Waals surface area (Å²) in [6.45, 7) is 4.44. The number of amides is 1. The van der Waals surface area contributed by atoms with Crippen LogP contribution in [0.5, 0.6) is 0 Å². The zero-order chi connectivity index (χ0) is 22.4. The molecular weight excluding hydrogens is 395 g/mol. The van der Waals surface area contributed by atoms with E-state index in [-0.39, 0.29) is 23.2 Å². The number of nitrogens with zero attached hydrogens (tertiary/aromatic N) is 2. The van der Waals surface area contributed by atoms with E-state index in [1.54, 1.807) is 12.4 Å². The van der Waals surface area contributed by atoms with Crippen LogP contribution >= 0.6 is 0 Å². The van der Waals surface area contributed by atoms with E-state index in [1.165, 1.54) is 0 Å². The van der Waals surface area contributed by atoms with E-state index in [2.05, 4.69) is 34.4 Å². The van der Waals surface area contributed by atoms with Crippen LogP contribution in [0.2, 0.25) is 0 Å². The molecule has 2 heterocycles. The molecular formula is C23H27FN6O. The second-order valence-electron chi connectivity index (χ2n) is 7.74. The number of primary amides is 1. The predicted molar refractivity (Wildman–Crippen MR) is 122 cm³/mol. The second kappa shape index (κ2) is 9.99. The molecule has 1 unspecified atom stereocenters. The third-order valence-electron chi connectivity index (χ3n) is 4.73. The molecule has 3 rings (SSSR count). The van der Waals surface area contributed by atoms with Crippen molar-refractivity contribution in [3.63, 3.8) is 0 Å². The van der Waals surface area contributed by atoms with Gasteiger partial charge in [-0.15, -0.1) is 0 Å². The molecule has 1 aromatic carbocycles. The normalized spacial score (nSPS) is 11.9. The summed E-state index contributed by atoms with van der Waals surface area (Å²) < 4.78 is 14.6. The summed E-state index contributed by atoms with van der Waals surface area (Å²) in [6.07, 6.45) is 4.08. The fourth-order valence-corrected chi connectivity index (χ4v) is 3.28. The Balaban J connectivity index is 1.93. The van der Waals surface area contributed by atoms with E-state index >= 15 is 0 Å². The minimum atomic E-state index is -0.787. The van der Waals surface area contributed by atoms with Crippen molar-refractivity contribution in [2.24, 2.45) is 17.4 Å². The average molecular weight is 423 g/mol. The van der Waals surface area contributed by atoms with Crippen molar-refractivity contribution in [1.82, 2.24) is 9.97 Å². The zero-order valence-electron chi connectivity index (χ0n) is 17.6. The van der Waals surface area contributed by atoms with E-state index in [1.807, 2.05) is 36.4 Å². The van der Waals surface area contributed by atoms with Crippen LogP contribution in [0.1, 0.15) is 30.6 Å². The molecule has 0 aliphatic rings. The number of carbonyl (C=O) groups excluding carboxylic acids is 1. The summed E-state index contributed by atoms with van der Waals surface area (Å²) in [7, 11) is 0. The Labute approximate surface area is 181 Å². The molecule has 3 aromatic rings. The number of hydrogen-bond donors (Lipinski definition) is 4. The van der Waals surface area contributed by atoms with Crippen molar-refractivity contribution >= 4 is 23.2 Å². The Kier molecular flexibility index (Phi) is 7.15. The Hall–Kier alpha value is -3.52. The van der Waals surface area contributed by atoms with Gasteiger partial charge < -0.3 is 22.1 Å². The largest absolute Gasteiger partial charge is 0.365 e. The number of pyridine rings is 2. The standard InChI is InChI=1S/C23H27FN6O/c1-14(2)8-17(11-25)28-23-20(24)10-19(21(26)31)22(30-23)29-18-9-16(12-27-13-18)15-6-4-3-5-7-15/h3-7,9-10,12-14,17H,8,11,25H2,1-2H3,(H2,26,31)(H2,28,29,30). The van der Waals surface area contributed by atoms with Gasteiger partial charge in [0, 0.05) is 24.3 Å². The number of nitrogens with one attached hydrogen (secondary N) is 2. The topological polar surface area (TPSA) is 119 Å². The highest BCUT2D eigenvalue weighted by atomic mass is 19.1. The first-order valence-corrected chi connectivity index (χ1v) is 10.1. The first-order chi connectivity index (χ1) is 14.9. The number of aromatic nitrogens is 2. The number of halogens is 1. The van der Waals surface area contributed by atoms with Gasteiger partial charge in [0.1, 0.15) is 5.82 Å². The Morgan fingerprint density at radius 1 is 1.10 bits per heavy atom. The first kappa shape index (κ1) is 22.2. The monoisotopic (exact) mass is 422 g/mol. The summed E-state index contributed by atoms with van der Waals surface area (Å²) in [6, 6.07) is 12.5. The molecule has 2 aromatic heterocycles. The zero-order valence-corrected chi connectivity index (χ0v) is 17.6. The molecule has 0 fully saturated rings. The minimum absolute atomic E-state index is 0.00998. The second-order valence-corrected chi connectivity index (χ2v) is 7.74. The molecule has 8 heteroatoms. The van der Waals surface area contributed by atoms with E-state index in [0.29, 0.717) is 18.2 Å². The van der Waals surface area contributed by atoms with Gasteiger partial charge in [0.25, 0.3) is 5.91 Å². The molecule has 1 atom stereocenters. The molecule has 7 nitrogen and oxygen atoms in total. The smallest absolute Gasteiger partial charge is 0.252 e. The highest BCUT2D eigenvalue weighted by Crippen LogP contribution is 2.27. The van der Waals surface area contributed by atoms with Gasteiger partial charge in [0.15, 0.2) is 11.6 Å². The fraction of sp³-hybridized carbons (Fsp3) is 0.261. The Morgan fingerprint density at radius 3 is 2.48 bits per heavy atom. The molecule has 162 valence electrons. The third kappa shape index (κ3) is 5.76. The van der Waals surface area contributed by atoms with Gasteiger partial charge in [-0.2, -0.15) is 0 Å². The summed E-state index contributed by atoms with van der Waals surface area (Å²) >= 11 is 0. The van der Waals surface area contributed by atoms with Crippen LogP contribution in [0.25, 0.3) is 11.1 Å². The number of hydrogen-bond acceptors (Lipinski definition) is 6. The maximum absolute atomic E-state index is 14.6. The molecule has 0 radical (unpaired) electrons. The van der Waals surface area contributed by atoms with Crippen molar-refractivity contribution < 1.29 is 9.18 Å². The fourth-order valence-electron chi connectivity index (χ4n) is 3.28. The van der Waals surface area contributed by atoms with E-state index in [4.69, 9.17) is 11.5 Å². The SMILES string of the molecule is CC(C)CC(CN)Nc1nc(Nc2cncc(-c3ccccc3)c2)c(C(N)=O)cc1F. The van der Waals surface area contributed by atoms with Gasteiger partial charge in [0.05, 0.1) is 17.4 Å². The molecule has 0 saturated heterocycles. The van der Waals surface area contributed by atoms with Crippen LogP contribution in [-0.4, -0.2) is 28.5 Å². The maximum Gasteiger partial charge on any atom is 0.252 e.